The van der Waals surface area contributed by atoms with Crippen LogP contribution in [-0.4, -0.2) is 36.2 Å². The van der Waals surface area contributed by atoms with Gasteiger partial charge >= 0.3 is 5.97 Å². The molecule has 0 unspecified atom stereocenters. The van der Waals surface area contributed by atoms with Crippen LogP contribution in [0.3, 0.4) is 0 Å². The first-order chi connectivity index (χ1) is 17.0. The van der Waals surface area contributed by atoms with Gasteiger partial charge in [0.15, 0.2) is 29.9 Å². The van der Waals surface area contributed by atoms with E-state index in [1.54, 1.807) is 66.7 Å². The van der Waals surface area contributed by atoms with E-state index in [1.165, 1.54) is 6.07 Å². The van der Waals surface area contributed by atoms with Gasteiger partial charge in [0.25, 0.3) is 5.91 Å². The van der Waals surface area contributed by atoms with Crippen LogP contribution in [0.15, 0.2) is 72.5 Å². The SMILES string of the molecule is O=C(COc1ccc2c(c1)OC(=Cc1ccc3c(c1)OCO3)C2=O)N[C@H](C(=O)O)c1ccccc1. The summed E-state index contributed by atoms with van der Waals surface area (Å²) in [6, 6.07) is 17.1. The molecule has 3 aromatic carbocycles. The molecule has 35 heavy (non-hydrogen) atoms. The van der Waals surface area contributed by atoms with E-state index in [2.05, 4.69) is 5.32 Å². The van der Waals surface area contributed by atoms with Crippen LogP contribution < -0.4 is 24.3 Å². The molecule has 2 heterocycles. The number of carbonyl (C=O) groups excluding carboxylic acids is 2. The molecule has 9 nitrogen and oxygen atoms in total. The number of nitrogens with one attached hydrogen (secondary N) is 1. The minimum absolute atomic E-state index is 0.140. The van der Waals surface area contributed by atoms with Gasteiger partial charge in [-0.15, -0.1) is 0 Å². The molecular weight excluding hydrogens is 454 g/mol. The molecule has 0 bridgehead atoms. The number of fused-ring (bicyclic) bond motifs is 2. The van der Waals surface area contributed by atoms with E-state index >= 15 is 0 Å². The molecule has 2 N–H and O–H groups in total. The second kappa shape index (κ2) is 9.22. The van der Waals surface area contributed by atoms with E-state index in [1.807, 2.05) is 0 Å². The fourth-order valence-electron chi connectivity index (χ4n) is 3.70. The maximum Gasteiger partial charge on any atom is 0.330 e. The lowest BCUT2D eigenvalue weighted by Crippen LogP contribution is -2.36. The summed E-state index contributed by atoms with van der Waals surface area (Å²) in [5, 5.41) is 11.9. The number of Topliss-reactive ketones (excluding diaryl/α,β-unsaturated/α-hetero) is 1. The molecule has 176 valence electrons. The summed E-state index contributed by atoms with van der Waals surface area (Å²) < 4.78 is 21.9. The van der Waals surface area contributed by atoms with Gasteiger partial charge < -0.3 is 29.4 Å². The van der Waals surface area contributed by atoms with Crippen molar-refractivity contribution < 1.29 is 38.4 Å². The van der Waals surface area contributed by atoms with E-state index in [0.717, 1.165) is 0 Å². The molecule has 0 aliphatic carbocycles. The summed E-state index contributed by atoms with van der Waals surface area (Å²) in [4.78, 5) is 36.6. The molecule has 2 aliphatic heterocycles. The van der Waals surface area contributed by atoms with Gasteiger partial charge in [0.2, 0.25) is 12.6 Å². The Morgan fingerprint density at radius 3 is 2.60 bits per heavy atom. The van der Waals surface area contributed by atoms with Crippen LogP contribution in [0.5, 0.6) is 23.0 Å². The van der Waals surface area contributed by atoms with Crippen molar-refractivity contribution in [3.05, 3.63) is 89.2 Å². The van der Waals surface area contributed by atoms with E-state index in [4.69, 9.17) is 18.9 Å². The predicted molar refractivity (Wildman–Crippen MR) is 122 cm³/mol. The Bertz CT molecular complexity index is 1350. The minimum atomic E-state index is -1.20. The van der Waals surface area contributed by atoms with E-state index in [0.29, 0.717) is 39.7 Å². The maximum absolute atomic E-state index is 12.7. The Morgan fingerprint density at radius 1 is 1.00 bits per heavy atom. The number of carboxylic acid groups (broad SMARTS) is 1. The number of hydrogen-bond acceptors (Lipinski definition) is 7. The largest absolute Gasteiger partial charge is 0.484 e. The first kappa shape index (κ1) is 22.0. The van der Waals surface area contributed by atoms with Crippen molar-refractivity contribution in [2.45, 2.75) is 6.04 Å². The summed E-state index contributed by atoms with van der Waals surface area (Å²) >= 11 is 0. The fraction of sp³-hybridized carbons (Fsp3) is 0.115. The molecule has 5 rings (SSSR count). The summed E-state index contributed by atoms with van der Waals surface area (Å²) in [7, 11) is 0. The summed E-state index contributed by atoms with van der Waals surface area (Å²) in [6.07, 6.45) is 1.61. The van der Waals surface area contributed by atoms with E-state index < -0.39 is 24.5 Å². The number of rotatable bonds is 7. The lowest BCUT2D eigenvalue weighted by molar-refractivity contribution is -0.142. The zero-order valence-electron chi connectivity index (χ0n) is 18.2. The molecule has 0 saturated carbocycles. The number of allylic oxidation sites excluding steroid dienone is 1. The lowest BCUT2D eigenvalue weighted by atomic mass is 10.1. The van der Waals surface area contributed by atoms with Crippen molar-refractivity contribution in [2.75, 3.05) is 13.4 Å². The van der Waals surface area contributed by atoms with Crippen LogP contribution in [-0.2, 0) is 9.59 Å². The Labute approximate surface area is 199 Å². The molecule has 9 heteroatoms. The third-order valence-corrected chi connectivity index (χ3v) is 5.39. The van der Waals surface area contributed by atoms with Crippen molar-refractivity contribution in [3.63, 3.8) is 0 Å². The Kier molecular flexibility index (Phi) is 5.80. The fourth-order valence-corrected chi connectivity index (χ4v) is 3.70. The standard InChI is InChI=1S/C26H19NO8/c28-23(27-24(26(30)31)16-4-2-1-3-5-16)13-32-17-7-8-18-20(12-17)35-22(25(18)29)11-15-6-9-19-21(10-15)34-14-33-19/h1-12,24H,13-14H2,(H,27,28)(H,30,31)/t24-/m0/s1. The molecule has 3 aromatic rings. The summed E-state index contributed by atoms with van der Waals surface area (Å²) in [5.74, 6) is -0.116. The molecule has 0 saturated heterocycles. The smallest absolute Gasteiger partial charge is 0.330 e. The Morgan fingerprint density at radius 2 is 1.80 bits per heavy atom. The highest BCUT2D eigenvalue weighted by Crippen LogP contribution is 2.37. The lowest BCUT2D eigenvalue weighted by Gasteiger charge is -2.15. The van der Waals surface area contributed by atoms with Crippen molar-refractivity contribution >= 4 is 23.7 Å². The van der Waals surface area contributed by atoms with Gasteiger partial charge in [-0.25, -0.2) is 4.79 Å². The first-order valence-electron chi connectivity index (χ1n) is 10.7. The second-order valence-electron chi connectivity index (χ2n) is 7.75. The number of amides is 1. The molecule has 1 atom stereocenters. The normalized spacial score (nSPS) is 15.3. The number of carboxylic acids is 1. The number of aliphatic carboxylic acids is 1. The zero-order valence-corrected chi connectivity index (χ0v) is 18.2. The number of ether oxygens (including phenoxy) is 4. The monoisotopic (exact) mass is 473 g/mol. The number of hydrogen-bond donors (Lipinski definition) is 2. The van der Waals surface area contributed by atoms with Crippen molar-refractivity contribution in [1.82, 2.24) is 5.32 Å². The highest BCUT2D eigenvalue weighted by Gasteiger charge is 2.28. The van der Waals surface area contributed by atoms with Crippen LogP contribution in [0.2, 0.25) is 0 Å². The maximum atomic E-state index is 12.7. The van der Waals surface area contributed by atoms with Crippen LogP contribution >= 0.6 is 0 Å². The number of ketones is 1. The summed E-state index contributed by atoms with van der Waals surface area (Å²) in [6.45, 7) is -0.260. The van der Waals surface area contributed by atoms with Gasteiger partial charge in [-0.3, -0.25) is 9.59 Å². The third kappa shape index (κ3) is 4.65. The van der Waals surface area contributed by atoms with Gasteiger partial charge in [-0.05, 0) is 41.5 Å². The Balaban J connectivity index is 1.24. The van der Waals surface area contributed by atoms with Crippen LogP contribution in [0, 0.1) is 0 Å². The highest BCUT2D eigenvalue weighted by molar-refractivity contribution is 6.14. The Hall–Kier alpha value is -4.79. The number of carbonyl (C=O) groups is 3. The molecule has 1 amide bonds. The van der Waals surface area contributed by atoms with Gasteiger partial charge in [-0.2, -0.15) is 0 Å². The van der Waals surface area contributed by atoms with Gasteiger partial charge in [0, 0.05) is 6.07 Å². The predicted octanol–water partition coefficient (Wildman–Crippen LogP) is 3.35. The third-order valence-electron chi connectivity index (χ3n) is 5.39. The van der Waals surface area contributed by atoms with Crippen LogP contribution in [0.25, 0.3) is 6.08 Å². The highest BCUT2D eigenvalue weighted by atomic mass is 16.7. The second-order valence-corrected chi connectivity index (χ2v) is 7.75. The van der Waals surface area contributed by atoms with Crippen molar-refractivity contribution in [2.24, 2.45) is 0 Å². The average Bonchev–Trinajstić information content (AvgIpc) is 3.45. The first-order valence-corrected chi connectivity index (χ1v) is 10.7. The molecule has 0 radical (unpaired) electrons. The molecule has 2 aliphatic rings. The van der Waals surface area contributed by atoms with Gasteiger partial charge in [0.05, 0.1) is 5.56 Å². The van der Waals surface area contributed by atoms with E-state index in [-0.39, 0.29) is 18.3 Å². The summed E-state index contributed by atoms with van der Waals surface area (Å²) in [5.41, 5.74) is 1.52. The quantitative estimate of drug-likeness (QED) is 0.502. The van der Waals surface area contributed by atoms with Crippen molar-refractivity contribution in [3.8, 4) is 23.0 Å². The van der Waals surface area contributed by atoms with E-state index in [9.17, 15) is 19.5 Å². The van der Waals surface area contributed by atoms with Crippen molar-refractivity contribution in [1.29, 1.82) is 0 Å². The zero-order chi connectivity index (χ0) is 24.4. The molecular formula is C26H19NO8. The average molecular weight is 473 g/mol. The van der Waals surface area contributed by atoms with Gasteiger partial charge in [0.1, 0.15) is 11.5 Å². The molecule has 0 spiro atoms. The van der Waals surface area contributed by atoms with Gasteiger partial charge in [-0.1, -0.05) is 36.4 Å². The van der Waals surface area contributed by atoms with Crippen LogP contribution in [0.4, 0.5) is 0 Å². The molecule has 0 aromatic heterocycles. The van der Waals surface area contributed by atoms with Crippen LogP contribution in [0.1, 0.15) is 27.5 Å². The number of benzene rings is 3. The minimum Gasteiger partial charge on any atom is -0.484 e. The topological polar surface area (TPSA) is 120 Å². The molecule has 0 fully saturated rings.